The molecule has 0 radical (unpaired) electrons. The molecule has 0 spiro atoms. The van der Waals surface area contributed by atoms with E-state index in [1.54, 1.807) is 0 Å². The second kappa shape index (κ2) is 4.99. The van der Waals surface area contributed by atoms with Crippen molar-refractivity contribution in [2.24, 2.45) is 7.05 Å². The number of ether oxygens (including phenoxy) is 2. The van der Waals surface area contributed by atoms with Crippen molar-refractivity contribution >= 4 is 0 Å². The van der Waals surface area contributed by atoms with Crippen LogP contribution in [-0.2, 0) is 23.1 Å². The standard InChI is InChI=1S/C12H20N2O2/c1-12(15-8-9-16-12)5-6-13-10-11-4-3-7-14(11)2/h3-4,7,13H,5-6,8-10H2,1-2H3. The Morgan fingerprint density at radius 2 is 2.19 bits per heavy atom. The Bertz CT molecular complexity index is 330. The Morgan fingerprint density at radius 1 is 1.44 bits per heavy atom. The van der Waals surface area contributed by atoms with Crippen LogP contribution in [0.3, 0.4) is 0 Å². The summed E-state index contributed by atoms with van der Waals surface area (Å²) in [5.41, 5.74) is 1.29. The Hall–Kier alpha value is -0.840. The number of aromatic nitrogens is 1. The molecule has 0 amide bonds. The molecule has 0 unspecified atom stereocenters. The van der Waals surface area contributed by atoms with Gasteiger partial charge in [0.25, 0.3) is 0 Å². The number of hydrogen-bond donors (Lipinski definition) is 1. The van der Waals surface area contributed by atoms with Gasteiger partial charge in [0.1, 0.15) is 0 Å². The highest BCUT2D eigenvalue weighted by Gasteiger charge is 2.29. The maximum absolute atomic E-state index is 5.53. The van der Waals surface area contributed by atoms with Gasteiger partial charge in [-0.05, 0) is 19.1 Å². The minimum absolute atomic E-state index is 0.374. The first-order chi connectivity index (χ1) is 7.70. The molecular formula is C12H20N2O2. The Balaban J connectivity index is 1.67. The third-order valence-electron chi connectivity index (χ3n) is 3.01. The SMILES string of the molecule is Cn1cccc1CNCCC1(C)OCCO1. The van der Waals surface area contributed by atoms with Crippen LogP contribution in [0.2, 0.25) is 0 Å². The van der Waals surface area contributed by atoms with Crippen LogP contribution in [-0.4, -0.2) is 30.1 Å². The second-order valence-electron chi connectivity index (χ2n) is 4.37. The van der Waals surface area contributed by atoms with Crippen LogP contribution in [0.25, 0.3) is 0 Å². The Kier molecular flexibility index (Phi) is 3.63. The fraction of sp³-hybridized carbons (Fsp3) is 0.667. The fourth-order valence-corrected chi connectivity index (χ4v) is 1.91. The van der Waals surface area contributed by atoms with Crippen LogP contribution in [0.15, 0.2) is 18.3 Å². The van der Waals surface area contributed by atoms with Crippen LogP contribution < -0.4 is 5.32 Å². The van der Waals surface area contributed by atoms with Gasteiger partial charge in [-0.3, -0.25) is 0 Å². The second-order valence-corrected chi connectivity index (χ2v) is 4.37. The van der Waals surface area contributed by atoms with E-state index < -0.39 is 0 Å². The quantitative estimate of drug-likeness (QED) is 0.765. The highest BCUT2D eigenvalue weighted by atomic mass is 16.7. The highest BCUT2D eigenvalue weighted by molar-refractivity contribution is 5.05. The van der Waals surface area contributed by atoms with Crippen LogP contribution in [0, 0.1) is 0 Å². The molecule has 16 heavy (non-hydrogen) atoms. The lowest BCUT2D eigenvalue weighted by atomic mass is 10.2. The normalized spacial score (nSPS) is 19.1. The lowest BCUT2D eigenvalue weighted by Crippen LogP contribution is -2.31. The van der Waals surface area contributed by atoms with Gasteiger partial charge in [0.15, 0.2) is 5.79 Å². The van der Waals surface area contributed by atoms with Crippen molar-refractivity contribution in [3.63, 3.8) is 0 Å². The molecule has 1 N–H and O–H groups in total. The Morgan fingerprint density at radius 3 is 2.81 bits per heavy atom. The van der Waals surface area contributed by atoms with Crippen molar-refractivity contribution in [3.8, 4) is 0 Å². The van der Waals surface area contributed by atoms with Gasteiger partial charge >= 0.3 is 0 Å². The summed E-state index contributed by atoms with van der Waals surface area (Å²) in [5.74, 6) is -0.374. The summed E-state index contributed by atoms with van der Waals surface area (Å²) in [5, 5.41) is 3.40. The third kappa shape index (κ3) is 2.84. The van der Waals surface area contributed by atoms with E-state index in [1.165, 1.54) is 5.69 Å². The molecule has 90 valence electrons. The number of hydrogen-bond acceptors (Lipinski definition) is 3. The average molecular weight is 224 g/mol. The van der Waals surface area contributed by atoms with E-state index in [4.69, 9.17) is 9.47 Å². The summed E-state index contributed by atoms with van der Waals surface area (Å²) in [6.07, 6.45) is 2.94. The molecule has 0 atom stereocenters. The van der Waals surface area contributed by atoms with Crippen molar-refractivity contribution in [2.45, 2.75) is 25.7 Å². The molecule has 2 rings (SSSR count). The predicted molar refractivity (Wildman–Crippen MR) is 62.0 cm³/mol. The van der Waals surface area contributed by atoms with Crippen molar-refractivity contribution in [2.75, 3.05) is 19.8 Å². The molecular weight excluding hydrogens is 204 g/mol. The summed E-state index contributed by atoms with van der Waals surface area (Å²) in [6, 6.07) is 4.18. The summed E-state index contributed by atoms with van der Waals surface area (Å²) in [4.78, 5) is 0. The Labute approximate surface area is 96.5 Å². The minimum atomic E-state index is -0.374. The van der Waals surface area contributed by atoms with Crippen molar-refractivity contribution in [3.05, 3.63) is 24.0 Å². The van der Waals surface area contributed by atoms with Gasteiger partial charge in [0.05, 0.1) is 13.2 Å². The first-order valence-electron chi connectivity index (χ1n) is 5.78. The molecule has 1 aliphatic heterocycles. The van der Waals surface area contributed by atoms with E-state index >= 15 is 0 Å². The average Bonchev–Trinajstić information content (AvgIpc) is 2.84. The van der Waals surface area contributed by atoms with E-state index in [2.05, 4.69) is 35.3 Å². The zero-order valence-corrected chi connectivity index (χ0v) is 10.0. The van der Waals surface area contributed by atoms with Gasteiger partial charge in [0, 0.05) is 38.4 Å². The minimum Gasteiger partial charge on any atom is -0.353 e. The molecule has 1 fully saturated rings. The van der Waals surface area contributed by atoms with E-state index in [9.17, 15) is 0 Å². The summed E-state index contributed by atoms with van der Waals surface area (Å²) >= 11 is 0. The molecule has 0 aliphatic carbocycles. The van der Waals surface area contributed by atoms with Gasteiger partial charge in [-0.25, -0.2) is 0 Å². The monoisotopic (exact) mass is 224 g/mol. The zero-order chi connectivity index (χ0) is 11.4. The third-order valence-corrected chi connectivity index (χ3v) is 3.01. The molecule has 0 aromatic carbocycles. The van der Waals surface area contributed by atoms with Gasteiger partial charge in [-0.15, -0.1) is 0 Å². The van der Waals surface area contributed by atoms with E-state index in [0.29, 0.717) is 13.2 Å². The van der Waals surface area contributed by atoms with Crippen molar-refractivity contribution in [1.82, 2.24) is 9.88 Å². The molecule has 0 bridgehead atoms. The topological polar surface area (TPSA) is 35.4 Å². The molecule has 4 nitrogen and oxygen atoms in total. The van der Waals surface area contributed by atoms with E-state index in [0.717, 1.165) is 19.5 Å². The predicted octanol–water partition coefficient (Wildman–Crippen LogP) is 1.27. The molecule has 2 heterocycles. The number of rotatable bonds is 5. The van der Waals surface area contributed by atoms with Gasteiger partial charge < -0.3 is 19.4 Å². The number of aryl methyl sites for hydroxylation is 1. The first-order valence-corrected chi connectivity index (χ1v) is 5.78. The van der Waals surface area contributed by atoms with E-state index in [-0.39, 0.29) is 5.79 Å². The summed E-state index contributed by atoms with van der Waals surface area (Å²) in [6.45, 7) is 5.23. The fourth-order valence-electron chi connectivity index (χ4n) is 1.91. The molecule has 1 aromatic rings. The maximum Gasteiger partial charge on any atom is 0.166 e. The lowest BCUT2D eigenvalue weighted by molar-refractivity contribution is -0.145. The molecule has 1 aliphatic rings. The lowest BCUT2D eigenvalue weighted by Gasteiger charge is -2.22. The van der Waals surface area contributed by atoms with Crippen LogP contribution >= 0.6 is 0 Å². The van der Waals surface area contributed by atoms with Gasteiger partial charge in [0.2, 0.25) is 0 Å². The maximum atomic E-state index is 5.53. The van der Waals surface area contributed by atoms with Crippen LogP contribution in [0.4, 0.5) is 0 Å². The number of nitrogens with one attached hydrogen (secondary N) is 1. The zero-order valence-electron chi connectivity index (χ0n) is 10.0. The van der Waals surface area contributed by atoms with Crippen LogP contribution in [0.5, 0.6) is 0 Å². The molecule has 4 heteroatoms. The van der Waals surface area contributed by atoms with E-state index in [1.807, 2.05) is 6.92 Å². The first kappa shape index (κ1) is 11.6. The van der Waals surface area contributed by atoms with Crippen molar-refractivity contribution < 1.29 is 9.47 Å². The van der Waals surface area contributed by atoms with Gasteiger partial charge in [-0.2, -0.15) is 0 Å². The number of nitrogens with zero attached hydrogens (tertiary/aromatic N) is 1. The highest BCUT2D eigenvalue weighted by Crippen LogP contribution is 2.21. The largest absolute Gasteiger partial charge is 0.353 e. The smallest absolute Gasteiger partial charge is 0.166 e. The van der Waals surface area contributed by atoms with Gasteiger partial charge in [-0.1, -0.05) is 0 Å². The molecule has 1 saturated heterocycles. The summed E-state index contributed by atoms with van der Waals surface area (Å²) in [7, 11) is 2.06. The molecule has 0 saturated carbocycles. The molecule has 1 aromatic heterocycles. The van der Waals surface area contributed by atoms with Crippen molar-refractivity contribution in [1.29, 1.82) is 0 Å². The summed E-state index contributed by atoms with van der Waals surface area (Å²) < 4.78 is 13.2. The van der Waals surface area contributed by atoms with Crippen LogP contribution in [0.1, 0.15) is 19.0 Å².